The summed E-state index contributed by atoms with van der Waals surface area (Å²) in [5.41, 5.74) is 1.00. The van der Waals surface area contributed by atoms with E-state index in [4.69, 9.17) is 9.84 Å². The molecule has 7 nitrogen and oxygen atoms in total. The maximum atomic E-state index is 11.7. The lowest BCUT2D eigenvalue weighted by atomic mass is 10.0. The second-order valence-electron chi connectivity index (χ2n) is 5.73. The number of ether oxygens (including phenoxy) is 1. The molecule has 0 unspecified atom stereocenters. The van der Waals surface area contributed by atoms with Gasteiger partial charge >= 0.3 is 5.97 Å². The van der Waals surface area contributed by atoms with Crippen molar-refractivity contribution in [1.29, 1.82) is 0 Å². The molecule has 2 rings (SSSR count). The first-order chi connectivity index (χ1) is 11.3. The number of hydrogen-bond acceptors (Lipinski definition) is 5. The van der Waals surface area contributed by atoms with E-state index in [0.717, 1.165) is 0 Å². The van der Waals surface area contributed by atoms with Gasteiger partial charge in [0.2, 0.25) is 5.91 Å². The first kappa shape index (κ1) is 17.8. The molecule has 0 saturated heterocycles. The van der Waals surface area contributed by atoms with Crippen LogP contribution in [0.3, 0.4) is 0 Å². The van der Waals surface area contributed by atoms with Gasteiger partial charge in [-0.2, -0.15) is 0 Å². The van der Waals surface area contributed by atoms with Gasteiger partial charge in [0.25, 0.3) is 0 Å². The maximum absolute atomic E-state index is 11.7. The van der Waals surface area contributed by atoms with Gasteiger partial charge in [-0.25, -0.2) is 4.79 Å². The summed E-state index contributed by atoms with van der Waals surface area (Å²) in [7, 11) is 0. The summed E-state index contributed by atoms with van der Waals surface area (Å²) in [6.45, 7) is 3.12. The minimum Gasteiger partial charge on any atom is -0.508 e. The second kappa shape index (κ2) is 7.35. The third-order valence-electron chi connectivity index (χ3n) is 3.84. The molecule has 1 aliphatic heterocycles. The monoisotopic (exact) mass is 335 g/mol. The first-order valence-electron chi connectivity index (χ1n) is 7.74. The average Bonchev–Trinajstić information content (AvgIpc) is 2.67. The summed E-state index contributed by atoms with van der Waals surface area (Å²) in [5, 5.41) is 31.7. The Morgan fingerprint density at radius 2 is 2.12 bits per heavy atom. The fourth-order valence-electron chi connectivity index (χ4n) is 2.47. The Labute approximate surface area is 139 Å². The molecular formula is C17H21NO6. The van der Waals surface area contributed by atoms with Crippen LogP contribution in [0.25, 0.3) is 0 Å². The number of carbonyl (C=O) groups excluding carboxylic acids is 1. The first-order valence-corrected chi connectivity index (χ1v) is 7.74. The van der Waals surface area contributed by atoms with E-state index in [-0.39, 0.29) is 23.7 Å². The highest BCUT2D eigenvalue weighted by molar-refractivity contribution is 5.92. The van der Waals surface area contributed by atoms with Gasteiger partial charge < -0.3 is 25.4 Å². The number of hydrogen-bond donors (Lipinski definition) is 4. The topological polar surface area (TPSA) is 116 Å². The fraction of sp³-hybridized carbons (Fsp3) is 0.412. The number of aromatic hydroxyl groups is 1. The molecule has 1 heterocycles. The predicted octanol–water partition coefficient (Wildman–Crippen LogP) is 1.83. The van der Waals surface area contributed by atoms with Crippen molar-refractivity contribution >= 4 is 17.6 Å². The zero-order valence-electron chi connectivity index (χ0n) is 13.6. The third kappa shape index (κ3) is 4.05. The minimum absolute atomic E-state index is 0.0195. The number of aliphatic hydroxyl groups is 1. The highest BCUT2D eigenvalue weighted by atomic mass is 16.5. The van der Waals surface area contributed by atoms with E-state index in [0.29, 0.717) is 29.8 Å². The molecule has 4 N–H and O–H groups in total. The van der Waals surface area contributed by atoms with Gasteiger partial charge in [0, 0.05) is 23.6 Å². The smallest absolute Gasteiger partial charge is 0.331 e. The van der Waals surface area contributed by atoms with Crippen molar-refractivity contribution in [3.63, 3.8) is 0 Å². The van der Waals surface area contributed by atoms with E-state index in [1.165, 1.54) is 25.1 Å². The van der Waals surface area contributed by atoms with Crippen molar-refractivity contribution in [3.8, 4) is 11.5 Å². The molecular weight excluding hydrogens is 314 g/mol. The average molecular weight is 335 g/mol. The number of nitrogens with one attached hydrogen (secondary N) is 1. The maximum Gasteiger partial charge on any atom is 0.331 e. The van der Waals surface area contributed by atoms with Gasteiger partial charge in [-0.1, -0.05) is 6.92 Å². The number of carboxylic acid groups (broad SMARTS) is 1. The largest absolute Gasteiger partial charge is 0.508 e. The van der Waals surface area contributed by atoms with Crippen LogP contribution in [0.1, 0.15) is 32.3 Å². The Morgan fingerprint density at radius 1 is 1.42 bits per heavy atom. The Hall–Kier alpha value is -2.54. The minimum atomic E-state index is -1.10. The van der Waals surface area contributed by atoms with Crippen molar-refractivity contribution in [2.75, 3.05) is 5.32 Å². The molecule has 0 fully saturated rings. The van der Waals surface area contributed by atoms with E-state index in [1.807, 2.05) is 0 Å². The molecule has 1 amide bonds. The third-order valence-corrected chi connectivity index (χ3v) is 3.84. The summed E-state index contributed by atoms with van der Waals surface area (Å²) in [4.78, 5) is 22.7. The van der Waals surface area contributed by atoms with Crippen LogP contribution in [-0.2, 0) is 16.0 Å². The Kier molecular flexibility index (Phi) is 5.46. The number of aliphatic carboxylic acids is 1. The number of fused-ring (bicyclic) bond motifs is 1. The number of carboxylic acids is 1. The molecule has 1 aliphatic rings. The lowest BCUT2D eigenvalue weighted by Gasteiger charge is -2.21. The van der Waals surface area contributed by atoms with Crippen LogP contribution in [-0.4, -0.2) is 39.4 Å². The van der Waals surface area contributed by atoms with Crippen LogP contribution in [0.15, 0.2) is 23.8 Å². The highest BCUT2D eigenvalue weighted by Gasteiger charge is 2.27. The molecule has 0 bridgehead atoms. The summed E-state index contributed by atoms with van der Waals surface area (Å²) in [6, 6.07) is 2.88. The Morgan fingerprint density at radius 3 is 2.75 bits per heavy atom. The Bertz CT molecular complexity index is 682. The van der Waals surface area contributed by atoms with Crippen LogP contribution in [0, 0.1) is 0 Å². The second-order valence-corrected chi connectivity index (χ2v) is 5.73. The van der Waals surface area contributed by atoms with Gasteiger partial charge in [-0.05, 0) is 31.9 Å². The van der Waals surface area contributed by atoms with Crippen LogP contribution in [0.4, 0.5) is 5.69 Å². The number of phenolic OH excluding ortho intramolecular Hbond substituents is 1. The van der Waals surface area contributed by atoms with Crippen LogP contribution in [0.2, 0.25) is 0 Å². The molecule has 1 aromatic carbocycles. The zero-order chi connectivity index (χ0) is 17.9. The fourth-order valence-corrected chi connectivity index (χ4v) is 2.47. The van der Waals surface area contributed by atoms with Crippen molar-refractivity contribution in [2.45, 2.75) is 45.3 Å². The highest BCUT2D eigenvalue weighted by Crippen LogP contribution is 2.38. The SMILES string of the molecule is CCC(=O)Nc1cc(O)cc2c1O[C@H](/C=C(/C)C(=O)O)[C@@H](O)CC2. The molecule has 1 aromatic rings. The van der Waals surface area contributed by atoms with E-state index in [2.05, 4.69) is 5.32 Å². The molecule has 0 spiro atoms. The zero-order valence-corrected chi connectivity index (χ0v) is 13.6. The van der Waals surface area contributed by atoms with Gasteiger partial charge in [-0.15, -0.1) is 0 Å². The van der Waals surface area contributed by atoms with Crippen molar-refractivity contribution in [3.05, 3.63) is 29.3 Å². The molecule has 2 atom stereocenters. The van der Waals surface area contributed by atoms with Crippen LogP contribution in [0.5, 0.6) is 11.5 Å². The van der Waals surface area contributed by atoms with Gasteiger partial charge in [0.05, 0.1) is 11.8 Å². The van der Waals surface area contributed by atoms with Gasteiger partial charge in [0.15, 0.2) is 0 Å². The molecule has 24 heavy (non-hydrogen) atoms. The number of aliphatic hydroxyl groups excluding tert-OH is 1. The standard InChI is InChI=1S/C17H21NO6/c1-3-15(21)18-12-8-11(19)7-10-4-5-13(20)14(24-16(10)12)6-9(2)17(22)23/h6-8,13-14,19-20H,3-5H2,1-2H3,(H,18,21)(H,22,23)/b9-6-/t13-,14+/m0/s1. The summed E-state index contributed by atoms with van der Waals surface area (Å²) >= 11 is 0. The van der Waals surface area contributed by atoms with Crippen LogP contribution < -0.4 is 10.1 Å². The number of amides is 1. The van der Waals surface area contributed by atoms with E-state index < -0.39 is 18.2 Å². The van der Waals surface area contributed by atoms with Crippen molar-refractivity contribution < 1.29 is 29.6 Å². The molecule has 0 aliphatic carbocycles. The van der Waals surface area contributed by atoms with Crippen LogP contribution >= 0.6 is 0 Å². The number of rotatable bonds is 4. The molecule has 130 valence electrons. The van der Waals surface area contributed by atoms with Crippen molar-refractivity contribution in [2.24, 2.45) is 0 Å². The molecule has 7 heteroatoms. The molecule has 0 aromatic heterocycles. The molecule has 0 saturated carbocycles. The predicted molar refractivity (Wildman–Crippen MR) is 87.2 cm³/mol. The van der Waals surface area contributed by atoms with Crippen molar-refractivity contribution in [1.82, 2.24) is 0 Å². The normalized spacial score (nSPS) is 20.5. The van der Waals surface area contributed by atoms with Gasteiger partial charge in [0.1, 0.15) is 17.6 Å². The van der Waals surface area contributed by atoms with E-state index in [1.54, 1.807) is 6.92 Å². The van der Waals surface area contributed by atoms with E-state index >= 15 is 0 Å². The lowest BCUT2D eigenvalue weighted by Crippen LogP contribution is -2.29. The molecule has 0 radical (unpaired) electrons. The number of anilines is 1. The summed E-state index contributed by atoms with van der Waals surface area (Å²) in [6.07, 6.45) is 0.615. The number of carbonyl (C=O) groups is 2. The summed E-state index contributed by atoms with van der Waals surface area (Å²) < 4.78 is 5.81. The Balaban J connectivity index is 2.43. The number of benzene rings is 1. The quantitative estimate of drug-likeness (QED) is 0.624. The number of aryl methyl sites for hydroxylation is 1. The lowest BCUT2D eigenvalue weighted by molar-refractivity contribution is -0.132. The number of phenols is 1. The van der Waals surface area contributed by atoms with E-state index in [9.17, 15) is 19.8 Å². The summed E-state index contributed by atoms with van der Waals surface area (Å²) in [5.74, 6) is -1.02. The van der Waals surface area contributed by atoms with Gasteiger partial charge in [-0.3, -0.25) is 4.79 Å².